The number of nitrogens with zero attached hydrogens (tertiary/aromatic N) is 2. The average molecular weight is 396 g/mol. The molecule has 0 aliphatic heterocycles. The molecule has 0 atom stereocenters. The van der Waals surface area contributed by atoms with Crippen LogP contribution in [0, 0.1) is 0 Å². The second-order valence-corrected chi connectivity index (χ2v) is 8.41. The molecule has 0 aliphatic carbocycles. The number of fused-ring (bicyclic) bond motifs is 1. The Kier molecular flexibility index (Phi) is 4.45. The summed E-state index contributed by atoms with van der Waals surface area (Å²) >= 11 is 12.8. The monoisotopic (exact) mass is 395 g/mol. The summed E-state index contributed by atoms with van der Waals surface area (Å²) in [7, 11) is 0. The van der Waals surface area contributed by atoms with Crippen LogP contribution in [0.3, 0.4) is 0 Å². The molecule has 0 saturated heterocycles. The van der Waals surface area contributed by atoms with E-state index in [1.54, 1.807) is 18.3 Å². The van der Waals surface area contributed by atoms with Gasteiger partial charge in [0.05, 0.1) is 26.8 Å². The molecule has 136 valence electrons. The number of benzene rings is 2. The van der Waals surface area contributed by atoms with Gasteiger partial charge in [-0.15, -0.1) is 0 Å². The standard InChI is InChI=1S/C22H19Cl2N3/c1-22(2,3)14-7-9-18-19(12-14)27-21(26-18)13-6-8-15(17(24)11-13)20-16(23)5-4-10-25-20/h4-12H,1-3H3,(H,26,27). The molecule has 0 amide bonds. The maximum atomic E-state index is 6.53. The van der Waals surface area contributed by atoms with Crippen molar-refractivity contribution >= 4 is 34.2 Å². The third-order valence-electron chi connectivity index (χ3n) is 4.60. The lowest BCUT2D eigenvalue weighted by molar-refractivity contribution is 0.591. The predicted molar refractivity (Wildman–Crippen MR) is 113 cm³/mol. The molecule has 0 radical (unpaired) electrons. The van der Waals surface area contributed by atoms with E-state index in [9.17, 15) is 0 Å². The Morgan fingerprint density at radius 3 is 2.44 bits per heavy atom. The predicted octanol–water partition coefficient (Wildman–Crippen LogP) is 6.90. The Labute approximate surface area is 168 Å². The van der Waals surface area contributed by atoms with E-state index < -0.39 is 0 Å². The normalized spacial score (nSPS) is 11.9. The van der Waals surface area contributed by atoms with Crippen LogP contribution in [0.1, 0.15) is 26.3 Å². The van der Waals surface area contributed by atoms with Crippen LogP contribution < -0.4 is 0 Å². The Morgan fingerprint density at radius 2 is 1.74 bits per heavy atom. The van der Waals surface area contributed by atoms with Crippen molar-refractivity contribution in [2.24, 2.45) is 0 Å². The van der Waals surface area contributed by atoms with Crippen LogP contribution in [0.4, 0.5) is 0 Å². The first kappa shape index (κ1) is 18.0. The van der Waals surface area contributed by atoms with E-state index in [2.05, 4.69) is 48.9 Å². The smallest absolute Gasteiger partial charge is 0.138 e. The number of nitrogens with one attached hydrogen (secondary N) is 1. The van der Waals surface area contributed by atoms with Gasteiger partial charge in [-0.2, -0.15) is 0 Å². The van der Waals surface area contributed by atoms with E-state index in [0.29, 0.717) is 15.7 Å². The van der Waals surface area contributed by atoms with E-state index in [0.717, 1.165) is 28.0 Å². The van der Waals surface area contributed by atoms with Crippen LogP contribution in [0.15, 0.2) is 54.7 Å². The minimum atomic E-state index is 0.0897. The summed E-state index contributed by atoms with van der Waals surface area (Å²) in [4.78, 5) is 12.5. The van der Waals surface area contributed by atoms with Gasteiger partial charge in [-0.3, -0.25) is 4.98 Å². The molecule has 0 fully saturated rings. The molecule has 27 heavy (non-hydrogen) atoms. The molecule has 2 aromatic heterocycles. The molecular weight excluding hydrogens is 377 g/mol. The Balaban J connectivity index is 1.76. The lowest BCUT2D eigenvalue weighted by Gasteiger charge is -2.18. The Bertz CT molecular complexity index is 1140. The summed E-state index contributed by atoms with van der Waals surface area (Å²) in [5.74, 6) is 0.789. The van der Waals surface area contributed by atoms with E-state index in [4.69, 9.17) is 28.2 Å². The quantitative estimate of drug-likeness (QED) is 0.401. The second kappa shape index (κ2) is 6.66. The maximum Gasteiger partial charge on any atom is 0.138 e. The zero-order valence-corrected chi connectivity index (χ0v) is 16.9. The van der Waals surface area contributed by atoms with Gasteiger partial charge in [-0.1, -0.05) is 62.2 Å². The van der Waals surface area contributed by atoms with Crippen LogP contribution in [0.25, 0.3) is 33.7 Å². The molecule has 0 unspecified atom stereocenters. The molecular formula is C22H19Cl2N3. The van der Waals surface area contributed by atoms with Crippen LogP contribution >= 0.6 is 23.2 Å². The van der Waals surface area contributed by atoms with Gasteiger partial charge in [0.2, 0.25) is 0 Å². The zero-order valence-electron chi connectivity index (χ0n) is 15.3. The molecule has 0 aliphatic rings. The fourth-order valence-electron chi connectivity index (χ4n) is 3.05. The number of aromatic nitrogens is 3. The fraction of sp³-hybridized carbons (Fsp3) is 0.182. The van der Waals surface area contributed by atoms with Crippen LogP contribution in [0.2, 0.25) is 10.0 Å². The highest BCUT2D eigenvalue weighted by molar-refractivity contribution is 6.36. The summed E-state index contributed by atoms with van der Waals surface area (Å²) in [6, 6.07) is 15.8. The number of hydrogen-bond donors (Lipinski definition) is 1. The number of imidazole rings is 1. The van der Waals surface area contributed by atoms with E-state index >= 15 is 0 Å². The van der Waals surface area contributed by atoms with Crippen LogP contribution in [0.5, 0.6) is 0 Å². The molecule has 5 heteroatoms. The first-order valence-corrected chi connectivity index (χ1v) is 9.49. The molecule has 0 spiro atoms. The number of hydrogen-bond acceptors (Lipinski definition) is 2. The van der Waals surface area contributed by atoms with Crippen molar-refractivity contribution in [1.29, 1.82) is 0 Å². The average Bonchev–Trinajstić information content (AvgIpc) is 3.05. The van der Waals surface area contributed by atoms with Crippen molar-refractivity contribution < 1.29 is 0 Å². The highest BCUT2D eigenvalue weighted by Gasteiger charge is 2.16. The second-order valence-electron chi connectivity index (χ2n) is 7.60. The largest absolute Gasteiger partial charge is 0.338 e. The molecule has 1 N–H and O–H groups in total. The van der Waals surface area contributed by atoms with E-state index in [1.807, 2.05) is 18.2 Å². The number of pyridine rings is 1. The van der Waals surface area contributed by atoms with Crippen molar-refractivity contribution in [1.82, 2.24) is 15.0 Å². The number of halogens is 2. The SMILES string of the molecule is CC(C)(C)c1ccc2nc(-c3ccc(-c4ncccc4Cl)c(Cl)c3)[nH]c2c1. The van der Waals surface area contributed by atoms with Crippen LogP contribution in [-0.2, 0) is 5.41 Å². The molecule has 0 saturated carbocycles. The molecule has 0 bridgehead atoms. The maximum absolute atomic E-state index is 6.53. The Morgan fingerprint density at radius 1 is 0.926 bits per heavy atom. The minimum Gasteiger partial charge on any atom is -0.338 e. The Hall–Kier alpha value is -2.36. The van der Waals surface area contributed by atoms with E-state index in [-0.39, 0.29) is 5.41 Å². The first-order chi connectivity index (χ1) is 12.8. The highest BCUT2D eigenvalue weighted by atomic mass is 35.5. The molecule has 4 aromatic rings. The zero-order chi connectivity index (χ0) is 19.2. The first-order valence-electron chi connectivity index (χ1n) is 8.74. The minimum absolute atomic E-state index is 0.0897. The molecule has 2 aromatic carbocycles. The fourth-order valence-corrected chi connectivity index (χ4v) is 3.54. The number of aromatic amines is 1. The van der Waals surface area contributed by atoms with Crippen molar-refractivity contribution in [2.75, 3.05) is 0 Å². The lowest BCUT2D eigenvalue weighted by Crippen LogP contribution is -2.10. The number of H-pyrrole nitrogens is 1. The van der Waals surface area contributed by atoms with Gasteiger partial charge in [-0.05, 0) is 41.3 Å². The third-order valence-corrected chi connectivity index (χ3v) is 5.22. The summed E-state index contributed by atoms with van der Waals surface area (Å²) in [5, 5.41) is 1.16. The van der Waals surface area contributed by atoms with E-state index in [1.165, 1.54) is 5.56 Å². The van der Waals surface area contributed by atoms with Crippen molar-refractivity contribution in [3.63, 3.8) is 0 Å². The van der Waals surface area contributed by atoms with Gasteiger partial charge in [0, 0.05) is 17.3 Å². The van der Waals surface area contributed by atoms with Crippen molar-refractivity contribution in [3.8, 4) is 22.6 Å². The van der Waals surface area contributed by atoms with Gasteiger partial charge < -0.3 is 4.98 Å². The lowest BCUT2D eigenvalue weighted by atomic mass is 9.87. The summed E-state index contributed by atoms with van der Waals surface area (Å²) in [6.07, 6.45) is 1.71. The van der Waals surface area contributed by atoms with Gasteiger partial charge in [0.1, 0.15) is 5.82 Å². The van der Waals surface area contributed by atoms with Crippen molar-refractivity contribution in [2.45, 2.75) is 26.2 Å². The third kappa shape index (κ3) is 3.45. The summed E-state index contributed by atoms with van der Waals surface area (Å²) in [5.41, 5.74) is 5.71. The van der Waals surface area contributed by atoms with Crippen LogP contribution in [-0.4, -0.2) is 15.0 Å². The van der Waals surface area contributed by atoms with Gasteiger partial charge in [0.15, 0.2) is 0 Å². The molecule has 2 heterocycles. The van der Waals surface area contributed by atoms with Gasteiger partial charge >= 0.3 is 0 Å². The topological polar surface area (TPSA) is 41.6 Å². The summed E-state index contributed by atoms with van der Waals surface area (Å²) < 4.78 is 0. The van der Waals surface area contributed by atoms with Crippen molar-refractivity contribution in [3.05, 3.63) is 70.3 Å². The van der Waals surface area contributed by atoms with Gasteiger partial charge in [-0.25, -0.2) is 4.98 Å². The molecule has 4 rings (SSSR count). The summed E-state index contributed by atoms with van der Waals surface area (Å²) in [6.45, 7) is 6.60. The molecule has 3 nitrogen and oxygen atoms in total. The number of rotatable bonds is 2. The highest BCUT2D eigenvalue weighted by Crippen LogP contribution is 2.34. The van der Waals surface area contributed by atoms with Gasteiger partial charge in [0.25, 0.3) is 0 Å².